The van der Waals surface area contributed by atoms with Gasteiger partial charge in [0.1, 0.15) is 11.6 Å². The smallest absolute Gasteiger partial charge is 0.332 e. The normalized spacial score (nSPS) is 11.3. The SMILES string of the molecule is C.CCCCn1c(=O)c2c(nc(CCCOCC)n2Cc2ccc(Cl)cc2)n(C)c1=O.CCOCCCc1nc2c(c(=O)n(CCCO)c(=O)n2C)n1Cc1ccc(Cl)cc1. The van der Waals surface area contributed by atoms with Crippen LogP contribution in [0.1, 0.15) is 83.1 Å². The maximum Gasteiger partial charge on any atom is 0.332 e. The Hall–Kier alpha value is -4.80. The summed E-state index contributed by atoms with van der Waals surface area (Å²) in [6.45, 7) is 9.86. The molecule has 6 rings (SSSR count). The van der Waals surface area contributed by atoms with Gasteiger partial charge in [0.25, 0.3) is 11.1 Å². The zero-order chi connectivity index (χ0) is 43.3. The molecule has 0 bridgehead atoms. The van der Waals surface area contributed by atoms with Crippen molar-refractivity contribution in [1.82, 2.24) is 37.4 Å². The highest BCUT2D eigenvalue weighted by molar-refractivity contribution is 6.30. The summed E-state index contributed by atoms with van der Waals surface area (Å²) in [5, 5.41) is 10.4. The zero-order valence-electron chi connectivity index (χ0n) is 35.2. The van der Waals surface area contributed by atoms with Crippen LogP contribution in [-0.4, -0.2) is 75.5 Å². The summed E-state index contributed by atoms with van der Waals surface area (Å²) in [6, 6.07) is 15.0. The lowest BCUT2D eigenvalue weighted by Gasteiger charge is -2.11. The van der Waals surface area contributed by atoms with Gasteiger partial charge in [-0.3, -0.25) is 27.9 Å². The predicted molar refractivity (Wildman–Crippen MR) is 243 cm³/mol. The standard InChI is InChI=1S/C22H29ClN4O3.C21H27ClN4O4.CH4/c1-4-6-13-26-21(28)19-20(25(3)22(26)29)24-18(8-7-14-30-5-2)27(19)15-16-9-11-17(23)12-10-16;1-3-30-13-4-6-17-23-19-18(26(17)14-15-7-9-16(22)10-8-15)20(28)25(11-5-12-27)21(29)24(19)2;/h9-12H,4-8,13-15H2,1-3H3;7-10,27H,3-6,11-14H2,1-2H3;1H4. The molecule has 1 N–H and O–H groups in total. The third kappa shape index (κ3) is 11.8. The second kappa shape index (κ2) is 23.4. The minimum atomic E-state index is -0.432. The monoisotopic (exact) mass is 882 g/mol. The molecule has 2 aromatic carbocycles. The fourth-order valence-corrected chi connectivity index (χ4v) is 7.25. The first-order valence-corrected chi connectivity index (χ1v) is 21.3. The number of hydrogen-bond acceptors (Lipinski definition) is 9. The maximum atomic E-state index is 13.3. The third-order valence-corrected chi connectivity index (χ3v) is 10.7. The van der Waals surface area contributed by atoms with Gasteiger partial charge in [0.2, 0.25) is 0 Å². The first-order valence-electron chi connectivity index (χ1n) is 20.6. The number of unbranched alkanes of at least 4 members (excludes halogenated alkanes) is 1. The number of benzene rings is 2. The fourth-order valence-electron chi connectivity index (χ4n) is 6.99. The highest BCUT2D eigenvalue weighted by Crippen LogP contribution is 2.19. The largest absolute Gasteiger partial charge is 0.396 e. The summed E-state index contributed by atoms with van der Waals surface area (Å²) in [7, 11) is 3.29. The molecule has 61 heavy (non-hydrogen) atoms. The van der Waals surface area contributed by atoms with Gasteiger partial charge in [-0.15, -0.1) is 0 Å². The molecule has 4 aromatic heterocycles. The van der Waals surface area contributed by atoms with Gasteiger partial charge in [-0.05, 0) is 74.9 Å². The van der Waals surface area contributed by atoms with Crippen molar-refractivity contribution in [1.29, 1.82) is 0 Å². The lowest BCUT2D eigenvalue weighted by Crippen LogP contribution is -2.40. The van der Waals surface area contributed by atoms with Crippen LogP contribution in [0.2, 0.25) is 10.0 Å². The summed E-state index contributed by atoms with van der Waals surface area (Å²) >= 11 is 12.0. The average molecular weight is 884 g/mol. The van der Waals surface area contributed by atoms with Crippen LogP contribution in [0.4, 0.5) is 0 Å². The Labute approximate surface area is 365 Å². The molecule has 0 fully saturated rings. The number of aliphatic hydroxyl groups excluding tert-OH is 1. The highest BCUT2D eigenvalue weighted by Gasteiger charge is 2.22. The van der Waals surface area contributed by atoms with Gasteiger partial charge >= 0.3 is 11.4 Å². The molecule has 6 aromatic rings. The van der Waals surface area contributed by atoms with E-state index in [-0.39, 0.29) is 37.4 Å². The molecule has 0 unspecified atom stereocenters. The van der Waals surface area contributed by atoms with E-state index in [1.54, 1.807) is 26.2 Å². The van der Waals surface area contributed by atoms with Crippen molar-refractivity contribution >= 4 is 45.5 Å². The molecule has 15 nitrogen and oxygen atoms in total. The van der Waals surface area contributed by atoms with Crippen molar-refractivity contribution in [2.45, 2.75) is 99.3 Å². The van der Waals surface area contributed by atoms with E-state index < -0.39 is 5.69 Å². The molecule has 0 aliphatic carbocycles. The van der Waals surface area contributed by atoms with Crippen LogP contribution >= 0.6 is 23.2 Å². The highest BCUT2D eigenvalue weighted by atomic mass is 35.5. The van der Waals surface area contributed by atoms with E-state index in [2.05, 4.69) is 4.98 Å². The molecule has 0 atom stereocenters. The summed E-state index contributed by atoms with van der Waals surface area (Å²) in [5.74, 6) is 1.51. The Morgan fingerprint density at radius 1 is 0.590 bits per heavy atom. The zero-order valence-corrected chi connectivity index (χ0v) is 36.7. The second-order valence-corrected chi connectivity index (χ2v) is 15.3. The molecule has 0 saturated carbocycles. The Morgan fingerprint density at radius 3 is 1.34 bits per heavy atom. The van der Waals surface area contributed by atoms with Crippen LogP contribution in [0.25, 0.3) is 22.3 Å². The van der Waals surface area contributed by atoms with Gasteiger partial charge in [-0.25, -0.2) is 19.6 Å². The summed E-state index contributed by atoms with van der Waals surface area (Å²) in [4.78, 5) is 61.3. The molecule has 17 heteroatoms. The van der Waals surface area contributed by atoms with Gasteiger partial charge in [0.15, 0.2) is 22.3 Å². The number of halogens is 2. The Balaban J connectivity index is 0.000000264. The van der Waals surface area contributed by atoms with E-state index in [0.29, 0.717) is 97.7 Å². The van der Waals surface area contributed by atoms with Crippen LogP contribution in [0, 0.1) is 0 Å². The van der Waals surface area contributed by atoms with Gasteiger partial charge in [-0.2, -0.15) is 0 Å². The lowest BCUT2D eigenvalue weighted by atomic mass is 10.2. The number of rotatable bonds is 20. The van der Waals surface area contributed by atoms with E-state index in [1.165, 1.54) is 18.3 Å². The second-order valence-electron chi connectivity index (χ2n) is 14.5. The van der Waals surface area contributed by atoms with Crippen molar-refractivity contribution in [2.75, 3.05) is 33.0 Å². The van der Waals surface area contributed by atoms with Crippen molar-refractivity contribution < 1.29 is 14.6 Å². The number of hydrogen-bond donors (Lipinski definition) is 1. The van der Waals surface area contributed by atoms with Crippen LogP contribution < -0.4 is 22.5 Å². The number of imidazole rings is 2. The van der Waals surface area contributed by atoms with Crippen molar-refractivity contribution in [3.05, 3.63) is 123 Å². The van der Waals surface area contributed by atoms with Gasteiger partial charge < -0.3 is 23.7 Å². The molecule has 0 aliphatic rings. The number of aliphatic hydroxyl groups is 1. The molecule has 4 heterocycles. The van der Waals surface area contributed by atoms with E-state index in [0.717, 1.165) is 48.5 Å². The van der Waals surface area contributed by atoms with Crippen molar-refractivity contribution in [2.24, 2.45) is 14.1 Å². The van der Waals surface area contributed by atoms with Crippen LogP contribution in [0.3, 0.4) is 0 Å². The minimum absolute atomic E-state index is 0. The molecular formula is C44H60Cl2N8O7. The molecule has 0 aliphatic heterocycles. The molecule has 0 saturated heterocycles. The van der Waals surface area contributed by atoms with E-state index >= 15 is 0 Å². The van der Waals surface area contributed by atoms with Crippen molar-refractivity contribution in [3.63, 3.8) is 0 Å². The maximum absolute atomic E-state index is 13.3. The molecule has 332 valence electrons. The van der Waals surface area contributed by atoms with Crippen molar-refractivity contribution in [3.8, 4) is 0 Å². The third-order valence-electron chi connectivity index (χ3n) is 10.2. The van der Waals surface area contributed by atoms with E-state index in [9.17, 15) is 19.2 Å². The van der Waals surface area contributed by atoms with Gasteiger partial charge in [0.05, 0.1) is 0 Å². The van der Waals surface area contributed by atoms with E-state index in [1.807, 2.05) is 66.3 Å². The first-order chi connectivity index (χ1) is 28.9. The molecule has 0 amide bonds. The average Bonchev–Trinajstić information content (AvgIpc) is 3.79. The van der Waals surface area contributed by atoms with Gasteiger partial charge in [0, 0.05) is 96.2 Å². The topological polar surface area (TPSA) is 162 Å². The van der Waals surface area contributed by atoms with Crippen LogP contribution in [-0.2, 0) is 62.6 Å². The van der Waals surface area contributed by atoms with Crippen LogP contribution in [0.5, 0.6) is 0 Å². The lowest BCUT2D eigenvalue weighted by molar-refractivity contribution is 0.144. The molecule has 0 radical (unpaired) electrons. The predicted octanol–water partition coefficient (Wildman–Crippen LogP) is 5.95. The van der Waals surface area contributed by atoms with E-state index in [4.69, 9.17) is 42.8 Å². The summed E-state index contributed by atoms with van der Waals surface area (Å²) < 4.78 is 20.1. The van der Waals surface area contributed by atoms with Crippen LogP contribution in [0.15, 0.2) is 67.7 Å². The summed E-state index contributed by atoms with van der Waals surface area (Å²) in [5.41, 5.74) is 2.21. The number of aryl methyl sites for hydroxylation is 4. The van der Waals surface area contributed by atoms with Gasteiger partial charge in [-0.1, -0.05) is 68.2 Å². The Morgan fingerprint density at radius 2 is 0.984 bits per heavy atom. The number of ether oxygens (including phenoxy) is 2. The first kappa shape index (κ1) is 48.9. The Bertz CT molecular complexity index is 2410. The Kier molecular flexibility index (Phi) is 18.8. The fraction of sp³-hybridized carbons (Fsp3) is 0.500. The minimum Gasteiger partial charge on any atom is -0.396 e. The molecule has 0 spiro atoms. The number of aromatic nitrogens is 8. The summed E-state index contributed by atoms with van der Waals surface area (Å²) in [6.07, 6.45) is 4.82. The number of fused-ring (bicyclic) bond motifs is 2. The quantitative estimate of drug-likeness (QED) is 0.0914. The molecular weight excluding hydrogens is 823 g/mol. The number of nitrogens with zero attached hydrogens (tertiary/aromatic N) is 8.